The zero-order valence-electron chi connectivity index (χ0n) is 10.2. The molecule has 21 heavy (non-hydrogen) atoms. The number of halogens is 2. The summed E-state index contributed by atoms with van der Waals surface area (Å²) in [6, 6.07) is 7.12. The highest BCUT2D eigenvalue weighted by atomic mass is 79.9. The van der Waals surface area contributed by atoms with Crippen LogP contribution in [0.5, 0.6) is 11.5 Å². The van der Waals surface area contributed by atoms with Crippen molar-refractivity contribution in [2.45, 2.75) is 0 Å². The standard InChI is InChI=1S/C13H7BrFNO5/c14-7-4-8(16(19)20)6-9(5-7)21-12-10(13(17)18)2-1-3-11(12)15/h1-6H,(H,17,18). The number of nitro benzene ring substituents is 1. The Morgan fingerprint density at radius 2 is 2.05 bits per heavy atom. The number of carbonyl (C=O) groups is 1. The molecule has 2 rings (SSSR count). The maximum Gasteiger partial charge on any atom is 0.339 e. The highest BCUT2D eigenvalue weighted by Crippen LogP contribution is 2.32. The van der Waals surface area contributed by atoms with Crippen molar-refractivity contribution >= 4 is 27.6 Å². The van der Waals surface area contributed by atoms with Crippen LogP contribution in [0.3, 0.4) is 0 Å². The number of para-hydroxylation sites is 1. The predicted molar refractivity (Wildman–Crippen MR) is 74.2 cm³/mol. The monoisotopic (exact) mass is 355 g/mol. The third-order valence-corrected chi connectivity index (χ3v) is 2.94. The number of ether oxygens (including phenoxy) is 1. The lowest BCUT2D eigenvalue weighted by Crippen LogP contribution is -2.02. The molecule has 6 nitrogen and oxygen atoms in total. The average molecular weight is 356 g/mol. The van der Waals surface area contributed by atoms with E-state index in [-0.39, 0.29) is 17.0 Å². The normalized spacial score (nSPS) is 10.2. The molecular formula is C13H7BrFNO5. The third-order valence-electron chi connectivity index (χ3n) is 2.48. The van der Waals surface area contributed by atoms with Crippen LogP contribution < -0.4 is 4.74 Å². The lowest BCUT2D eigenvalue weighted by molar-refractivity contribution is -0.385. The smallest absolute Gasteiger partial charge is 0.339 e. The van der Waals surface area contributed by atoms with Gasteiger partial charge in [0, 0.05) is 10.5 Å². The van der Waals surface area contributed by atoms with E-state index in [4.69, 9.17) is 9.84 Å². The molecule has 1 N–H and O–H groups in total. The summed E-state index contributed by atoms with van der Waals surface area (Å²) in [4.78, 5) is 21.2. The van der Waals surface area contributed by atoms with E-state index in [1.54, 1.807) is 0 Å². The Morgan fingerprint density at radius 1 is 1.33 bits per heavy atom. The van der Waals surface area contributed by atoms with Gasteiger partial charge in [0.1, 0.15) is 11.3 Å². The van der Waals surface area contributed by atoms with Crippen molar-refractivity contribution in [2.24, 2.45) is 0 Å². The fourth-order valence-electron chi connectivity index (χ4n) is 1.61. The molecule has 0 fully saturated rings. The summed E-state index contributed by atoms with van der Waals surface area (Å²) in [6.07, 6.45) is 0. The number of carboxylic acids is 1. The van der Waals surface area contributed by atoms with Crippen molar-refractivity contribution < 1.29 is 24.0 Å². The van der Waals surface area contributed by atoms with Crippen LogP contribution >= 0.6 is 15.9 Å². The van der Waals surface area contributed by atoms with Crippen molar-refractivity contribution in [1.82, 2.24) is 0 Å². The number of benzene rings is 2. The summed E-state index contributed by atoms with van der Waals surface area (Å²) in [5.74, 6) is -2.80. The number of nitro groups is 1. The van der Waals surface area contributed by atoms with Crippen LogP contribution in [0.2, 0.25) is 0 Å². The fraction of sp³-hybridized carbons (Fsp3) is 0. The molecule has 2 aromatic carbocycles. The van der Waals surface area contributed by atoms with Gasteiger partial charge in [-0.2, -0.15) is 0 Å². The summed E-state index contributed by atoms with van der Waals surface area (Å²) in [5.41, 5.74) is -0.648. The number of nitrogens with zero attached hydrogens (tertiary/aromatic N) is 1. The van der Waals surface area contributed by atoms with Crippen LogP contribution in [0.1, 0.15) is 10.4 Å². The molecule has 0 heterocycles. The van der Waals surface area contributed by atoms with E-state index in [0.29, 0.717) is 4.47 Å². The summed E-state index contributed by atoms with van der Waals surface area (Å²) in [6.45, 7) is 0. The minimum atomic E-state index is -1.37. The van der Waals surface area contributed by atoms with Crippen molar-refractivity contribution in [1.29, 1.82) is 0 Å². The highest BCUT2D eigenvalue weighted by Gasteiger charge is 2.18. The van der Waals surface area contributed by atoms with Crippen molar-refractivity contribution in [3.8, 4) is 11.5 Å². The SMILES string of the molecule is O=C(O)c1cccc(F)c1Oc1cc(Br)cc([N+](=O)[O-])c1. The van der Waals surface area contributed by atoms with E-state index in [2.05, 4.69) is 15.9 Å². The Morgan fingerprint density at radius 3 is 2.67 bits per heavy atom. The quantitative estimate of drug-likeness (QED) is 0.661. The van der Waals surface area contributed by atoms with Crippen LogP contribution in [-0.2, 0) is 0 Å². The Kier molecular flexibility index (Phi) is 4.18. The second-order valence-corrected chi connectivity index (χ2v) is 4.84. The van der Waals surface area contributed by atoms with Gasteiger partial charge >= 0.3 is 5.97 Å². The molecule has 0 aliphatic rings. The van der Waals surface area contributed by atoms with Gasteiger partial charge < -0.3 is 9.84 Å². The lowest BCUT2D eigenvalue weighted by Gasteiger charge is -2.10. The van der Waals surface area contributed by atoms with Crippen LogP contribution in [0.4, 0.5) is 10.1 Å². The molecule has 0 amide bonds. The van der Waals surface area contributed by atoms with Gasteiger partial charge in [-0.15, -0.1) is 0 Å². The Balaban J connectivity index is 2.48. The molecule has 0 spiro atoms. The van der Waals surface area contributed by atoms with Gasteiger partial charge in [-0.05, 0) is 18.2 Å². The Bertz CT molecular complexity index is 734. The van der Waals surface area contributed by atoms with Gasteiger partial charge in [0.2, 0.25) is 0 Å². The molecule has 108 valence electrons. The minimum Gasteiger partial charge on any atom is -0.478 e. The maximum atomic E-state index is 13.7. The van der Waals surface area contributed by atoms with E-state index in [0.717, 1.165) is 12.1 Å². The Labute approximate surface area is 126 Å². The van der Waals surface area contributed by atoms with Gasteiger partial charge in [-0.1, -0.05) is 22.0 Å². The first kappa shape index (κ1) is 14.9. The first-order chi connectivity index (χ1) is 9.88. The molecular weight excluding hydrogens is 349 g/mol. The van der Waals surface area contributed by atoms with E-state index in [1.165, 1.54) is 24.3 Å². The second kappa shape index (κ2) is 5.88. The van der Waals surface area contributed by atoms with Crippen LogP contribution in [0, 0.1) is 15.9 Å². The average Bonchev–Trinajstić information content (AvgIpc) is 2.40. The van der Waals surface area contributed by atoms with Gasteiger partial charge in [-0.3, -0.25) is 10.1 Å². The molecule has 0 aliphatic heterocycles. The summed E-state index contributed by atoms with van der Waals surface area (Å²) in [5, 5.41) is 19.8. The van der Waals surface area contributed by atoms with Gasteiger partial charge in [0.05, 0.1) is 11.0 Å². The zero-order valence-corrected chi connectivity index (χ0v) is 11.8. The largest absolute Gasteiger partial charge is 0.478 e. The molecule has 0 bridgehead atoms. The number of aromatic carboxylic acids is 1. The van der Waals surface area contributed by atoms with Crippen molar-refractivity contribution in [3.05, 3.63) is 62.4 Å². The molecule has 0 saturated heterocycles. The fourth-order valence-corrected chi connectivity index (χ4v) is 2.07. The van der Waals surface area contributed by atoms with Crippen molar-refractivity contribution in [3.63, 3.8) is 0 Å². The van der Waals surface area contributed by atoms with Crippen LogP contribution in [0.15, 0.2) is 40.9 Å². The molecule has 0 aromatic heterocycles. The van der Waals surface area contributed by atoms with Gasteiger partial charge in [-0.25, -0.2) is 9.18 Å². The van der Waals surface area contributed by atoms with Crippen LogP contribution in [-0.4, -0.2) is 16.0 Å². The van der Waals surface area contributed by atoms with Gasteiger partial charge in [0.15, 0.2) is 11.6 Å². The first-order valence-electron chi connectivity index (χ1n) is 5.53. The number of hydrogen-bond donors (Lipinski definition) is 1. The van der Waals surface area contributed by atoms with Crippen molar-refractivity contribution in [2.75, 3.05) is 0 Å². The summed E-state index contributed by atoms with van der Waals surface area (Å²) < 4.78 is 19.3. The lowest BCUT2D eigenvalue weighted by atomic mass is 10.2. The first-order valence-corrected chi connectivity index (χ1v) is 6.32. The Hall–Kier alpha value is -2.48. The number of non-ortho nitro benzene ring substituents is 1. The molecule has 2 aromatic rings. The van der Waals surface area contributed by atoms with E-state index < -0.39 is 22.5 Å². The summed E-state index contributed by atoms with van der Waals surface area (Å²) >= 11 is 3.07. The van der Waals surface area contributed by atoms with Gasteiger partial charge in [0.25, 0.3) is 5.69 Å². The predicted octanol–water partition coefficient (Wildman–Crippen LogP) is 3.99. The molecule has 0 saturated carbocycles. The molecule has 8 heteroatoms. The number of carboxylic acid groups (broad SMARTS) is 1. The highest BCUT2D eigenvalue weighted by molar-refractivity contribution is 9.10. The molecule has 0 atom stereocenters. The minimum absolute atomic E-state index is 0.0522. The maximum absolute atomic E-state index is 13.7. The topological polar surface area (TPSA) is 89.7 Å². The summed E-state index contributed by atoms with van der Waals surface area (Å²) in [7, 11) is 0. The van der Waals surface area contributed by atoms with Crippen LogP contribution in [0.25, 0.3) is 0 Å². The number of rotatable bonds is 4. The zero-order chi connectivity index (χ0) is 15.6. The molecule has 0 unspecified atom stereocenters. The molecule has 0 aliphatic carbocycles. The molecule has 0 radical (unpaired) electrons. The van der Waals surface area contributed by atoms with E-state index >= 15 is 0 Å². The third kappa shape index (κ3) is 3.34. The second-order valence-electron chi connectivity index (χ2n) is 3.93. The van der Waals surface area contributed by atoms with E-state index in [1.807, 2.05) is 0 Å². The number of hydrogen-bond acceptors (Lipinski definition) is 4. The van der Waals surface area contributed by atoms with E-state index in [9.17, 15) is 19.3 Å².